The number of pyridine rings is 2. The lowest BCUT2D eigenvalue weighted by molar-refractivity contribution is -0.108. The van der Waals surface area contributed by atoms with Crippen LogP contribution in [0.1, 0.15) is 44.6 Å². The third-order valence-corrected chi connectivity index (χ3v) is 6.27. The van der Waals surface area contributed by atoms with Gasteiger partial charge in [0.15, 0.2) is 0 Å². The minimum Gasteiger partial charge on any atom is -0.401 e. The van der Waals surface area contributed by atoms with E-state index >= 15 is 0 Å². The first-order chi connectivity index (χ1) is 16.8. The lowest BCUT2D eigenvalue weighted by Crippen LogP contribution is -2.30. The molecule has 0 aromatic carbocycles. The molecule has 35 heavy (non-hydrogen) atoms. The van der Waals surface area contributed by atoms with E-state index in [4.69, 9.17) is 28.4 Å². The number of aromatic nitrogens is 2. The summed E-state index contributed by atoms with van der Waals surface area (Å²) >= 11 is 6.21. The van der Waals surface area contributed by atoms with Crippen molar-refractivity contribution in [2.24, 2.45) is 23.4 Å². The molecule has 2 aromatic rings. The van der Waals surface area contributed by atoms with Crippen molar-refractivity contribution < 1.29 is 4.79 Å². The van der Waals surface area contributed by atoms with E-state index < -0.39 is 6.04 Å². The average Bonchev–Trinajstić information content (AvgIpc) is 2.85. The van der Waals surface area contributed by atoms with Gasteiger partial charge in [-0.05, 0) is 50.5 Å². The first-order valence-electron chi connectivity index (χ1n) is 11.3. The summed E-state index contributed by atoms with van der Waals surface area (Å²) in [7, 11) is 0. The van der Waals surface area contributed by atoms with Crippen LogP contribution in [-0.4, -0.2) is 22.3 Å². The molecule has 1 aliphatic carbocycles. The van der Waals surface area contributed by atoms with E-state index in [2.05, 4.69) is 26.7 Å². The number of hydrazine groups is 1. The Hall–Kier alpha value is -3.86. The Kier molecular flexibility index (Phi) is 8.85. The lowest BCUT2D eigenvalue weighted by Gasteiger charge is -2.29. The zero-order chi connectivity index (χ0) is 25.4. The van der Waals surface area contributed by atoms with Gasteiger partial charge in [0.1, 0.15) is 30.0 Å². The van der Waals surface area contributed by atoms with Crippen LogP contribution in [0.15, 0.2) is 36.4 Å². The van der Waals surface area contributed by atoms with Gasteiger partial charge >= 0.3 is 0 Å². The van der Waals surface area contributed by atoms with Gasteiger partial charge in [0.2, 0.25) is 0 Å². The molecule has 1 saturated carbocycles. The van der Waals surface area contributed by atoms with E-state index in [-0.39, 0.29) is 10.9 Å². The number of carbonyl (C=O) groups is 1. The van der Waals surface area contributed by atoms with Crippen molar-refractivity contribution in [3.05, 3.63) is 47.0 Å². The topological polar surface area (TPSA) is 170 Å². The zero-order valence-electron chi connectivity index (χ0n) is 19.4. The number of nitrogens with one attached hydrogen (secondary N) is 2. The van der Waals surface area contributed by atoms with Crippen LogP contribution in [0.25, 0.3) is 0 Å². The second kappa shape index (κ2) is 12.0. The summed E-state index contributed by atoms with van der Waals surface area (Å²) in [5, 5.41) is 26.1. The standard InChI is InChI=1S/C24H28ClN9O/c1-15(10-26)32-21-9-23(33-24-19(25)8-17(11-27)12-31-24)30-13-22(21)34(29)14-20(28)18-4-2-16(3-5-18)6-7-35/h7-9,12-16,18H,2-6,28-29H2,1H3,(H2,30,31,32,33)/b20-14-/t15-,16?,18?/m1/s1. The minimum absolute atomic E-state index is 0.192. The van der Waals surface area contributed by atoms with Crippen molar-refractivity contribution in [1.29, 1.82) is 10.5 Å². The van der Waals surface area contributed by atoms with Gasteiger partial charge in [-0.25, -0.2) is 15.8 Å². The monoisotopic (exact) mass is 493 g/mol. The van der Waals surface area contributed by atoms with Crippen LogP contribution < -0.4 is 27.2 Å². The minimum atomic E-state index is -0.497. The molecule has 0 bridgehead atoms. The number of allylic oxidation sites excluding steroid dienone is 1. The highest BCUT2D eigenvalue weighted by Gasteiger charge is 2.23. The molecule has 3 rings (SSSR count). The second-order valence-corrected chi connectivity index (χ2v) is 8.94. The molecule has 2 aromatic heterocycles. The molecule has 0 unspecified atom stereocenters. The molecule has 2 heterocycles. The Bertz CT molecular complexity index is 1160. The van der Waals surface area contributed by atoms with E-state index in [1.165, 1.54) is 17.3 Å². The zero-order valence-corrected chi connectivity index (χ0v) is 20.2. The Morgan fingerprint density at radius 2 is 2.03 bits per heavy atom. The van der Waals surface area contributed by atoms with Crippen molar-refractivity contribution in [1.82, 2.24) is 9.97 Å². The van der Waals surface area contributed by atoms with Crippen molar-refractivity contribution in [2.75, 3.05) is 15.6 Å². The number of nitrogens with two attached hydrogens (primary N) is 2. The SMILES string of the molecule is C[C@H](C#N)Nc1cc(Nc2ncc(C#N)cc2Cl)ncc1N(N)/C=C(\N)C1CCC(CC=O)CC1. The summed E-state index contributed by atoms with van der Waals surface area (Å²) in [6.07, 6.45) is 9.95. The summed E-state index contributed by atoms with van der Waals surface area (Å²) in [4.78, 5) is 19.3. The average molecular weight is 494 g/mol. The summed E-state index contributed by atoms with van der Waals surface area (Å²) < 4.78 is 0. The van der Waals surface area contributed by atoms with Crippen molar-refractivity contribution in [3.63, 3.8) is 0 Å². The second-order valence-electron chi connectivity index (χ2n) is 8.53. The first kappa shape index (κ1) is 25.8. The summed E-state index contributed by atoms with van der Waals surface area (Å²) in [6.45, 7) is 1.72. The summed E-state index contributed by atoms with van der Waals surface area (Å²) in [5.41, 5.74) is 8.46. The Morgan fingerprint density at radius 1 is 1.29 bits per heavy atom. The van der Waals surface area contributed by atoms with E-state index in [0.29, 0.717) is 46.6 Å². The van der Waals surface area contributed by atoms with Crippen LogP contribution in [-0.2, 0) is 4.79 Å². The maximum Gasteiger partial charge on any atom is 0.150 e. The molecule has 0 amide bonds. The highest BCUT2D eigenvalue weighted by molar-refractivity contribution is 6.33. The Balaban J connectivity index is 1.81. The summed E-state index contributed by atoms with van der Waals surface area (Å²) in [6, 6.07) is 6.82. The normalized spacial score (nSPS) is 18.6. The predicted molar refractivity (Wildman–Crippen MR) is 135 cm³/mol. The molecule has 0 spiro atoms. The number of rotatable bonds is 9. The smallest absolute Gasteiger partial charge is 0.150 e. The van der Waals surface area contributed by atoms with Gasteiger partial charge in [-0.2, -0.15) is 10.5 Å². The van der Waals surface area contributed by atoms with Gasteiger partial charge < -0.3 is 21.2 Å². The van der Waals surface area contributed by atoms with Gasteiger partial charge in [0.05, 0.1) is 34.2 Å². The third-order valence-electron chi connectivity index (χ3n) is 5.98. The van der Waals surface area contributed by atoms with Crippen molar-refractivity contribution in [3.8, 4) is 12.1 Å². The third kappa shape index (κ3) is 6.82. The molecule has 0 radical (unpaired) electrons. The van der Waals surface area contributed by atoms with Gasteiger partial charge in [0.25, 0.3) is 0 Å². The van der Waals surface area contributed by atoms with Crippen LogP contribution in [0.4, 0.5) is 23.0 Å². The number of hydrogen-bond acceptors (Lipinski definition) is 10. The molecule has 0 aliphatic heterocycles. The Labute approximate surface area is 209 Å². The van der Waals surface area contributed by atoms with Crippen LogP contribution in [0, 0.1) is 34.5 Å². The van der Waals surface area contributed by atoms with Gasteiger partial charge in [0, 0.05) is 30.6 Å². The molecule has 10 nitrogen and oxygen atoms in total. The molecule has 6 N–H and O–H groups in total. The quantitative estimate of drug-likeness (QED) is 0.228. The van der Waals surface area contributed by atoms with Crippen molar-refractivity contribution in [2.45, 2.75) is 45.1 Å². The fourth-order valence-corrected chi connectivity index (χ4v) is 4.23. The maximum absolute atomic E-state index is 10.8. The van der Waals surface area contributed by atoms with Crippen molar-refractivity contribution >= 4 is 40.9 Å². The van der Waals surface area contributed by atoms with Gasteiger partial charge in [-0.1, -0.05) is 11.6 Å². The molecular formula is C24H28ClN9O. The Morgan fingerprint density at radius 3 is 2.66 bits per heavy atom. The molecular weight excluding hydrogens is 466 g/mol. The maximum atomic E-state index is 10.8. The summed E-state index contributed by atoms with van der Waals surface area (Å²) in [5.74, 6) is 7.71. The van der Waals surface area contributed by atoms with Crippen LogP contribution >= 0.6 is 11.6 Å². The van der Waals surface area contributed by atoms with Crippen LogP contribution in [0.5, 0.6) is 0 Å². The first-order valence-corrected chi connectivity index (χ1v) is 11.7. The van der Waals surface area contributed by atoms with Crippen LogP contribution in [0.3, 0.4) is 0 Å². The van der Waals surface area contributed by atoms with Gasteiger partial charge in [-0.15, -0.1) is 0 Å². The molecule has 0 saturated heterocycles. The number of hydrogen-bond donors (Lipinski definition) is 4. The lowest BCUT2D eigenvalue weighted by atomic mass is 9.79. The van der Waals surface area contributed by atoms with E-state index in [1.54, 1.807) is 25.4 Å². The number of carbonyl (C=O) groups excluding carboxylic acids is 1. The molecule has 1 fully saturated rings. The molecule has 182 valence electrons. The largest absolute Gasteiger partial charge is 0.401 e. The fraction of sp³-hybridized carbons (Fsp3) is 0.375. The molecule has 11 heteroatoms. The number of halogens is 1. The van der Waals surface area contributed by atoms with Crippen LogP contribution in [0.2, 0.25) is 5.02 Å². The molecule has 1 atom stereocenters. The predicted octanol–water partition coefficient (Wildman–Crippen LogP) is 3.94. The highest BCUT2D eigenvalue weighted by Crippen LogP contribution is 2.34. The van der Waals surface area contributed by atoms with Gasteiger partial charge in [-0.3, -0.25) is 5.01 Å². The fourth-order valence-electron chi connectivity index (χ4n) is 4.02. The highest BCUT2D eigenvalue weighted by atomic mass is 35.5. The van der Waals surface area contributed by atoms with E-state index in [9.17, 15) is 10.1 Å². The van der Waals surface area contributed by atoms with E-state index in [1.807, 2.05) is 6.07 Å². The number of nitriles is 2. The number of anilines is 4. The number of nitrogens with zero attached hydrogens (tertiary/aromatic N) is 5. The molecule has 1 aliphatic rings. The number of aldehydes is 1. The van der Waals surface area contributed by atoms with E-state index in [0.717, 1.165) is 32.0 Å².